The quantitative estimate of drug-likeness (QED) is 0.808. The van der Waals surface area contributed by atoms with Crippen molar-refractivity contribution in [1.82, 2.24) is 0 Å². The maximum atomic E-state index is 13.6. The lowest BCUT2D eigenvalue weighted by molar-refractivity contribution is 0.0692. The molecule has 0 aliphatic carbocycles. The molecule has 0 radical (unpaired) electrons. The number of hydrogen-bond acceptors (Lipinski definition) is 2. The van der Waals surface area contributed by atoms with Gasteiger partial charge in [-0.25, -0.2) is 9.18 Å². The molecule has 0 bridgehead atoms. The van der Waals surface area contributed by atoms with Gasteiger partial charge in [0.05, 0.1) is 21.3 Å². The van der Waals surface area contributed by atoms with Gasteiger partial charge in [0.15, 0.2) is 0 Å². The SMILES string of the molecule is O=C(O)c1ccc(CNc2c(Cl)cc(Cl)cc2Cl)cc1F. The average Bonchev–Trinajstić information content (AvgIpc) is 2.36. The summed E-state index contributed by atoms with van der Waals surface area (Å²) in [5.74, 6) is -2.11. The van der Waals surface area contributed by atoms with Crippen molar-refractivity contribution in [1.29, 1.82) is 0 Å². The monoisotopic (exact) mass is 347 g/mol. The molecule has 0 saturated heterocycles. The molecule has 0 aromatic heterocycles. The second-order valence-electron chi connectivity index (χ2n) is 4.22. The second-order valence-corrected chi connectivity index (χ2v) is 5.47. The minimum atomic E-state index is -1.31. The molecule has 3 nitrogen and oxygen atoms in total. The highest BCUT2D eigenvalue weighted by Gasteiger charge is 2.11. The van der Waals surface area contributed by atoms with E-state index in [0.717, 1.165) is 6.07 Å². The third kappa shape index (κ3) is 3.79. The van der Waals surface area contributed by atoms with Crippen molar-refractivity contribution in [3.63, 3.8) is 0 Å². The van der Waals surface area contributed by atoms with Gasteiger partial charge in [0.1, 0.15) is 5.82 Å². The van der Waals surface area contributed by atoms with E-state index in [0.29, 0.717) is 26.3 Å². The molecule has 0 unspecified atom stereocenters. The number of carbonyl (C=O) groups is 1. The molecule has 2 aromatic rings. The summed E-state index contributed by atoms with van der Waals surface area (Å²) in [7, 11) is 0. The highest BCUT2D eigenvalue weighted by atomic mass is 35.5. The van der Waals surface area contributed by atoms with Crippen molar-refractivity contribution in [3.05, 3.63) is 62.3 Å². The standard InChI is InChI=1S/C14H9Cl3FNO2/c15-8-4-10(16)13(11(17)5-8)19-6-7-1-2-9(14(20)21)12(18)3-7/h1-5,19H,6H2,(H,20,21). The van der Waals surface area contributed by atoms with E-state index in [2.05, 4.69) is 5.32 Å². The third-order valence-corrected chi connectivity index (χ3v) is 3.55. The van der Waals surface area contributed by atoms with E-state index < -0.39 is 11.8 Å². The first-order valence-corrected chi connectivity index (χ1v) is 6.92. The smallest absolute Gasteiger partial charge is 0.338 e. The molecular formula is C14H9Cl3FNO2. The van der Waals surface area contributed by atoms with Crippen LogP contribution in [0.15, 0.2) is 30.3 Å². The molecular weight excluding hydrogens is 340 g/mol. The predicted octanol–water partition coefficient (Wildman–Crippen LogP) is 5.10. The number of hydrogen-bond donors (Lipinski definition) is 2. The van der Waals surface area contributed by atoms with E-state index in [1.165, 1.54) is 24.3 Å². The fourth-order valence-corrected chi connectivity index (χ4v) is 2.69. The van der Waals surface area contributed by atoms with E-state index >= 15 is 0 Å². The maximum Gasteiger partial charge on any atom is 0.338 e. The van der Waals surface area contributed by atoms with Crippen molar-refractivity contribution in [2.75, 3.05) is 5.32 Å². The Balaban J connectivity index is 2.17. The van der Waals surface area contributed by atoms with Crippen LogP contribution in [0.1, 0.15) is 15.9 Å². The second kappa shape index (κ2) is 6.52. The summed E-state index contributed by atoms with van der Waals surface area (Å²) in [6, 6.07) is 6.93. The predicted molar refractivity (Wildman–Crippen MR) is 82.2 cm³/mol. The Bertz CT molecular complexity index is 684. The van der Waals surface area contributed by atoms with Crippen LogP contribution < -0.4 is 5.32 Å². The summed E-state index contributed by atoms with van der Waals surface area (Å²) >= 11 is 17.8. The third-order valence-electron chi connectivity index (χ3n) is 2.74. The number of carboxylic acid groups (broad SMARTS) is 1. The van der Waals surface area contributed by atoms with Crippen molar-refractivity contribution in [3.8, 4) is 0 Å². The number of anilines is 1. The zero-order chi connectivity index (χ0) is 15.6. The molecule has 2 aromatic carbocycles. The van der Waals surface area contributed by atoms with Crippen molar-refractivity contribution in [2.45, 2.75) is 6.54 Å². The zero-order valence-electron chi connectivity index (χ0n) is 10.5. The molecule has 2 N–H and O–H groups in total. The van der Waals surface area contributed by atoms with Crippen LogP contribution in [-0.4, -0.2) is 11.1 Å². The molecule has 2 rings (SSSR count). The maximum absolute atomic E-state index is 13.6. The molecule has 7 heteroatoms. The average molecular weight is 349 g/mol. The number of aromatic carboxylic acids is 1. The van der Waals surface area contributed by atoms with Gasteiger partial charge >= 0.3 is 5.97 Å². The Kier molecular flexibility index (Phi) is 4.93. The molecule has 0 fully saturated rings. The summed E-state index contributed by atoms with van der Waals surface area (Å²) < 4.78 is 13.6. The molecule has 110 valence electrons. The van der Waals surface area contributed by atoms with Gasteiger partial charge in [-0.2, -0.15) is 0 Å². The minimum absolute atomic E-state index is 0.234. The lowest BCUT2D eigenvalue weighted by atomic mass is 10.1. The van der Waals surface area contributed by atoms with Crippen LogP contribution in [0.2, 0.25) is 15.1 Å². The Hall–Kier alpha value is -1.49. The summed E-state index contributed by atoms with van der Waals surface area (Å²) in [6.07, 6.45) is 0. The van der Waals surface area contributed by atoms with Crippen LogP contribution in [0.5, 0.6) is 0 Å². The Morgan fingerprint density at radius 2 is 1.76 bits per heavy atom. The Morgan fingerprint density at radius 3 is 2.29 bits per heavy atom. The Labute approximate surface area is 135 Å². The van der Waals surface area contributed by atoms with Crippen LogP contribution in [0.25, 0.3) is 0 Å². The van der Waals surface area contributed by atoms with Gasteiger partial charge in [-0.15, -0.1) is 0 Å². The lowest BCUT2D eigenvalue weighted by Crippen LogP contribution is -2.04. The first-order valence-electron chi connectivity index (χ1n) is 5.78. The van der Waals surface area contributed by atoms with Gasteiger partial charge in [0.2, 0.25) is 0 Å². The van der Waals surface area contributed by atoms with Gasteiger partial charge in [0.25, 0.3) is 0 Å². The summed E-state index contributed by atoms with van der Waals surface area (Å²) in [5, 5.41) is 12.8. The highest BCUT2D eigenvalue weighted by Crippen LogP contribution is 2.33. The van der Waals surface area contributed by atoms with Crippen LogP contribution in [0, 0.1) is 5.82 Å². The lowest BCUT2D eigenvalue weighted by Gasteiger charge is -2.11. The van der Waals surface area contributed by atoms with E-state index in [4.69, 9.17) is 39.9 Å². The molecule has 0 aliphatic rings. The van der Waals surface area contributed by atoms with Gasteiger partial charge in [-0.3, -0.25) is 0 Å². The number of benzene rings is 2. The molecule has 0 spiro atoms. The van der Waals surface area contributed by atoms with Crippen LogP contribution in [0.4, 0.5) is 10.1 Å². The van der Waals surface area contributed by atoms with E-state index in [1.807, 2.05) is 0 Å². The minimum Gasteiger partial charge on any atom is -0.478 e. The molecule has 21 heavy (non-hydrogen) atoms. The van der Waals surface area contributed by atoms with E-state index in [9.17, 15) is 9.18 Å². The number of carboxylic acids is 1. The van der Waals surface area contributed by atoms with E-state index in [1.54, 1.807) is 0 Å². The first-order chi connectivity index (χ1) is 9.88. The zero-order valence-corrected chi connectivity index (χ0v) is 12.7. The van der Waals surface area contributed by atoms with Gasteiger partial charge < -0.3 is 10.4 Å². The van der Waals surface area contributed by atoms with Gasteiger partial charge in [0, 0.05) is 11.6 Å². The number of nitrogens with one attached hydrogen (secondary N) is 1. The molecule has 0 aliphatic heterocycles. The summed E-state index contributed by atoms with van der Waals surface area (Å²) in [4.78, 5) is 10.7. The van der Waals surface area contributed by atoms with Gasteiger partial charge in [-0.1, -0.05) is 40.9 Å². The van der Waals surface area contributed by atoms with E-state index in [-0.39, 0.29) is 12.1 Å². The normalized spacial score (nSPS) is 10.5. The molecule has 0 atom stereocenters. The number of rotatable bonds is 4. The van der Waals surface area contributed by atoms with Crippen LogP contribution in [-0.2, 0) is 6.54 Å². The topological polar surface area (TPSA) is 49.3 Å². The molecule has 0 amide bonds. The van der Waals surface area contributed by atoms with Crippen molar-refractivity contribution < 1.29 is 14.3 Å². The fraction of sp³-hybridized carbons (Fsp3) is 0.0714. The summed E-state index contributed by atoms with van der Waals surface area (Å²) in [5.41, 5.74) is 0.659. The highest BCUT2D eigenvalue weighted by molar-refractivity contribution is 6.41. The van der Waals surface area contributed by atoms with Gasteiger partial charge in [-0.05, 0) is 29.8 Å². The summed E-state index contributed by atoms with van der Waals surface area (Å²) in [6.45, 7) is 0.234. The largest absolute Gasteiger partial charge is 0.478 e. The Morgan fingerprint density at radius 1 is 1.14 bits per heavy atom. The first kappa shape index (κ1) is 15.9. The number of halogens is 4. The van der Waals surface area contributed by atoms with Crippen molar-refractivity contribution in [2.24, 2.45) is 0 Å². The molecule has 0 heterocycles. The molecule has 0 saturated carbocycles. The van der Waals surface area contributed by atoms with Crippen LogP contribution in [0.3, 0.4) is 0 Å². The fourth-order valence-electron chi connectivity index (χ4n) is 1.74. The van der Waals surface area contributed by atoms with Crippen molar-refractivity contribution >= 4 is 46.5 Å². The van der Waals surface area contributed by atoms with Crippen LogP contribution >= 0.6 is 34.8 Å².